The average Bonchev–Trinajstić information content (AvgIpc) is 2.43. The SMILES string of the molecule is CC[C@H](C)[C@@H]([C@@H](CC(N)=O)OC)N(C)C(=O)C(N)C(C)C. The van der Waals surface area contributed by atoms with Crippen LogP contribution in [-0.2, 0) is 14.3 Å². The Morgan fingerprint density at radius 2 is 1.76 bits per heavy atom. The van der Waals surface area contributed by atoms with Crippen LogP contribution in [0.1, 0.15) is 40.5 Å². The van der Waals surface area contributed by atoms with E-state index < -0.39 is 18.1 Å². The molecular weight excluding hydrogens is 270 g/mol. The minimum Gasteiger partial charge on any atom is -0.379 e. The molecule has 0 bridgehead atoms. The molecule has 0 radical (unpaired) electrons. The first kappa shape index (κ1) is 19.9. The zero-order valence-electron chi connectivity index (χ0n) is 14.1. The van der Waals surface area contributed by atoms with Crippen LogP contribution in [0.5, 0.6) is 0 Å². The van der Waals surface area contributed by atoms with Crippen molar-refractivity contribution in [3.63, 3.8) is 0 Å². The van der Waals surface area contributed by atoms with Gasteiger partial charge in [-0.15, -0.1) is 0 Å². The van der Waals surface area contributed by atoms with E-state index in [4.69, 9.17) is 16.2 Å². The van der Waals surface area contributed by atoms with E-state index in [1.54, 1.807) is 11.9 Å². The standard InChI is InChI=1S/C15H31N3O3/c1-7-10(4)14(11(21-6)8-12(16)19)18(5)15(20)13(17)9(2)3/h9-11,13-14H,7-8,17H2,1-6H3,(H2,16,19)/t10-,11+,13?,14-/m0/s1. The van der Waals surface area contributed by atoms with Crippen LogP contribution in [0.4, 0.5) is 0 Å². The van der Waals surface area contributed by atoms with E-state index in [1.165, 1.54) is 7.11 Å². The zero-order chi connectivity index (χ0) is 16.7. The Hall–Kier alpha value is -1.14. The molecule has 4 atom stereocenters. The largest absolute Gasteiger partial charge is 0.379 e. The Balaban J connectivity index is 5.30. The van der Waals surface area contributed by atoms with Crippen molar-refractivity contribution in [3.8, 4) is 0 Å². The van der Waals surface area contributed by atoms with Gasteiger partial charge in [-0.3, -0.25) is 9.59 Å². The van der Waals surface area contributed by atoms with Crippen LogP contribution in [0, 0.1) is 11.8 Å². The minimum atomic E-state index is -0.562. The van der Waals surface area contributed by atoms with Gasteiger partial charge in [-0.05, 0) is 11.8 Å². The monoisotopic (exact) mass is 301 g/mol. The summed E-state index contributed by atoms with van der Waals surface area (Å²) in [4.78, 5) is 25.3. The number of nitrogens with zero attached hydrogens (tertiary/aromatic N) is 1. The van der Waals surface area contributed by atoms with Crippen LogP contribution >= 0.6 is 0 Å². The van der Waals surface area contributed by atoms with E-state index in [0.717, 1.165) is 6.42 Å². The van der Waals surface area contributed by atoms with Crippen LogP contribution < -0.4 is 11.5 Å². The first-order chi connectivity index (χ1) is 9.67. The van der Waals surface area contributed by atoms with Gasteiger partial charge in [-0.25, -0.2) is 0 Å². The summed E-state index contributed by atoms with van der Waals surface area (Å²) in [5.41, 5.74) is 11.2. The van der Waals surface area contributed by atoms with Crippen LogP contribution in [0.15, 0.2) is 0 Å². The van der Waals surface area contributed by atoms with Gasteiger partial charge in [0.05, 0.1) is 24.6 Å². The van der Waals surface area contributed by atoms with Crippen LogP contribution in [0.3, 0.4) is 0 Å². The molecule has 124 valence electrons. The Bertz CT molecular complexity index is 347. The molecule has 0 fully saturated rings. The summed E-state index contributed by atoms with van der Waals surface area (Å²) >= 11 is 0. The second kappa shape index (κ2) is 9.00. The molecule has 0 heterocycles. The number of methoxy groups -OCH3 is 1. The molecular formula is C15H31N3O3. The maximum Gasteiger partial charge on any atom is 0.239 e. The molecule has 1 unspecified atom stereocenters. The number of hydrogen-bond acceptors (Lipinski definition) is 4. The third-order valence-electron chi connectivity index (χ3n) is 4.11. The number of ether oxygens (including phenoxy) is 1. The molecule has 4 N–H and O–H groups in total. The van der Waals surface area contributed by atoms with E-state index in [-0.39, 0.29) is 30.2 Å². The van der Waals surface area contributed by atoms with Gasteiger partial charge in [0.2, 0.25) is 11.8 Å². The average molecular weight is 301 g/mol. The highest BCUT2D eigenvalue weighted by Crippen LogP contribution is 2.22. The number of nitrogens with two attached hydrogens (primary N) is 2. The smallest absolute Gasteiger partial charge is 0.239 e. The molecule has 0 spiro atoms. The molecule has 0 aromatic rings. The lowest BCUT2D eigenvalue weighted by atomic mass is 9.90. The van der Waals surface area contributed by atoms with Crippen molar-refractivity contribution in [2.45, 2.75) is 58.7 Å². The molecule has 21 heavy (non-hydrogen) atoms. The predicted molar refractivity (Wildman–Crippen MR) is 83.4 cm³/mol. The lowest BCUT2D eigenvalue weighted by Gasteiger charge is -2.39. The Labute approximate surface area is 128 Å². The van der Waals surface area contributed by atoms with Crippen LogP contribution in [-0.4, -0.2) is 49.1 Å². The molecule has 0 rings (SSSR count). The highest BCUT2D eigenvalue weighted by molar-refractivity contribution is 5.82. The number of hydrogen-bond donors (Lipinski definition) is 2. The highest BCUT2D eigenvalue weighted by Gasteiger charge is 2.35. The third kappa shape index (κ3) is 5.63. The fraction of sp³-hybridized carbons (Fsp3) is 0.867. The fourth-order valence-electron chi connectivity index (χ4n) is 2.45. The number of carbonyl (C=O) groups is 2. The van der Waals surface area contributed by atoms with Gasteiger partial charge in [0, 0.05) is 14.2 Å². The second-order valence-electron chi connectivity index (χ2n) is 6.04. The molecule has 6 heteroatoms. The lowest BCUT2D eigenvalue weighted by molar-refractivity contribution is -0.140. The summed E-state index contributed by atoms with van der Waals surface area (Å²) in [7, 11) is 3.25. The zero-order valence-corrected chi connectivity index (χ0v) is 14.1. The molecule has 6 nitrogen and oxygen atoms in total. The van der Waals surface area contributed by atoms with Crippen LogP contribution in [0.25, 0.3) is 0 Å². The third-order valence-corrected chi connectivity index (χ3v) is 4.11. The van der Waals surface area contributed by atoms with Crippen molar-refractivity contribution in [3.05, 3.63) is 0 Å². The molecule has 0 aliphatic rings. The summed E-state index contributed by atoms with van der Waals surface area (Å²) in [6.07, 6.45) is 0.517. The molecule has 0 aliphatic heterocycles. The van der Waals surface area contributed by atoms with E-state index >= 15 is 0 Å². The molecule has 0 aliphatic carbocycles. The van der Waals surface area contributed by atoms with Gasteiger partial charge < -0.3 is 21.1 Å². The molecule has 0 aromatic carbocycles. The number of likely N-dealkylation sites (N-methyl/N-ethyl adjacent to an activating group) is 1. The van der Waals surface area contributed by atoms with Crippen molar-refractivity contribution in [1.82, 2.24) is 4.90 Å². The second-order valence-corrected chi connectivity index (χ2v) is 6.04. The van der Waals surface area contributed by atoms with Crippen molar-refractivity contribution in [1.29, 1.82) is 0 Å². The molecule has 0 saturated carbocycles. The maximum absolute atomic E-state index is 12.5. The summed E-state index contributed by atoms with van der Waals surface area (Å²) < 4.78 is 5.42. The van der Waals surface area contributed by atoms with Gasteiger partial charge in [0.1, 0.15) is 0 Å². The van der Waals surface area contributed by atoms with E-state index in [9.17, 15) is 9.59 Å². The summed E-state index contributed by atoms with van der Waals surface area (Å²) in [6.45, 7) is 7.88. The first-order valence-corrected chi connectivity index (χ1v) is 7.50. The Kier molecular flexibility index (Phi) is 8.51. The van der Waals surface area contributed by atoms with Crippen molar-refractivity contribution < 1.29 is 14.3 Å². The molecule has 0 saturated heterocycles. The van der Waals surface area contributed by atoms with Gasteiger partial charge in [0.25, 0.3) is 0 Å². The van der Waals surface area contributed by atoms with E-state index in [1.807, 2.05) is 27.7 Å². The Morgan fingerprint density at radius 1 is 1.24 bits per heavy atom. The summed E-state index contributed by atoms with van der Waals surface area (Å²) in [5.74, 6) is -0.358. The first-order valence-electron chi connectivity index (χ1n) is 7.50. The van der Waals surface area contributed by atoms with Crippen LogP contribution in [0.2, 0.25) is 0 Å². The summed E-state index contributed by atoms with van der Waals surface area (Å²) in [6, 6.07) is -0.794. The lowest BCUT2D eigenvalue weighted by Crippen LogP contribution is -2.55. The van der Waals surface area contributed by atoms with Gasteiger partial charge in [-0.1, -0.05) is 34.1 Å². The highest BCUT2D eigenvalue weighted by atomic mass is 16.5. The molecule has 2 amide bonds. The maximum atomic E-state index is 12.5. The number of carbonyl (C=O) groups excluding carboxylic acids is 2. The van der Waals surface area contributed by atoms with Gasteiger partial charge in [-0.2, -0.15) is 0 Å². The van der Waals surface area contributed by atoms with Crippen molar-refractivity contribution in [2.75, 3.05) is 14.2 Å². The normalized spacial score (nSPS) is 17.1. The quantitative estimate of drug-likeness (QED) is 0.656. The van der Waals surface area contributed by atoms with Gasteiger partial charge in [0.15, 0.2) is 0 Å². The topological polar surface area (TPSA) is 98.7 Å². The molecule has 0 aromatic heterocycles. The summed E-state index contributed by atoms with van der Waals surface area (Å²) in [5, 5.41) is 0. The number of rotatable bonds is 9. The van der Waals surface area contributed by atoms with Gasteiger partial charge >= 0.3 is 0 Å². The Morgan fingerprint density at radius 3 is 2.10 bits per heavy atom. The minimum absolute atomic E-state index is 0.0506. The number of amides is 2. The van der Waals surface area contributed by atoms with Crippen molar-refractivity contribution >= 4 is 11.8 Å². The fourth-order valence-corrected chi connectivity index (χ4v) is 2.45. The predicted octanol–water partition coefficient (Wildman–Crippen LogP) is 0.733. The van der Waals surface area contributed by atoms with E-state index in [2.05, 4.69) is 0 Å². The van der Waals surface area contributed by atoms with E-state index in [0.29, 0.717) is 0 Å². The van der Waals surface area contributed by atoms with Crippen molar-refractivity contribution in [2.24, 2.45) is 23.3 Å². The number of primary amides is 1.